The number of benzene rings is 2. The minimum absolute atomic E-state index is 0.294. The van der Waals surface area contributed by atoms with Crippen LogP contribution in [0.2, 0.25) is 0 Å². The molecule has 0 heterocycles. The lowest BCUT2D eigenvalue weighted by atomic mass is 9.88. The third-order valence-corrected chi connectivity index (χ3v) is 4.31. The van der Waals surface area contributed by atoms with Crippen LogP contribution < -0.4 is 10.6 Å². The third kappa shape index (κ3) is 3.50. The molecule has 23 heavy (non-hydrogen) atoms. The van der Waals surface area contributed by atoms with E-state index in [1.165, 1.54) is 36.4 Å². The van der Waals surface area contributed by atoms with E-state index >= 15 is 0 Å². The molecule has 0 aromatic heterocycles. The van der Waals surface area contributed by atoms with E-state index in [9.17, 15) is 13.6 Å². The Morgan fingerprint density at radius 2 is 1.39 bits per heavy atom. The van der Waals surface area contributed by atoms with Crippen molar-refractivity contribution in [2.75, 3.05) is 5.32 Å². The second-order valence-electron chi connectivity index (χ2n) is 5.88. The summed E-state index contributed by atoms with van der Waals surface area (Å²) >= 11 is 0. The van der Waals surface area contributed by atoms with Crippen molar-refractivity contribution in [2.45, 2.75) is 31.2 Å². The summed E-state index contributed by atoms with van der Waals surface area (Å²) in [5.41, 5.74) is 0.958. The van der Waals surface area contributed by atoms with Crippen molar-refractivity contribution in [3.63, 3.8) is 0 Å². The number of anilines is 1. The zero-order chi connectivity index (χ0) is 16.3. The molecule has 0 atom stereocenters. The lowest BCUT2D eigenvalue weighted by molar-refractivity contribution is 0.236. The van der Waals surface area contributed by atoms with Crippen molar-refractivity contribution in [1.82, 2.24) is 5.32 Å². The van der Waals surface area contributed by atoms with Gasteiger partial charge in [-0.2, -0.15) is 0 Å². The van der Waals surface area contributed by atoms with E-state index in [1.54, 1.807) is 12.1 Å². The Morgan fingerprint density at radius 3 is 1.96 bits per heavy atom. The van der Waals surface area contributed by atoms with Gasteiger partial charge in [-0.25, -0.2) is 13.6 Å². The standard InChI is InChI=1S/C18H18F2N2O/c19-14-5-3-13(4-6-14)18(11-1-2-12-18)22-17(23)21-16-9-7-15(20)8-10-16/h3-10H,1-2,11-12H2,(H2,21,22,23). The number of amides is 2. The van der Waals surface area contributed by atoms with Gasteiger partial charge in [0.2, 0.25) is 0 Å². The number of nitrogens with one attached hydrogen (secondary N) is 2. The second kappa shape index (κ2) is 6.36. The van der Waals surface area contributed by atoms with Crippen LogP contribution in [0.4, 0.5) is 19.3 Å². The summed E-state index contributed by atoms with van der Waals surface area (Å²) in [4.78, 5) is 12.3. The molecule has 1 aliphatic carbocycles. The molecule has 120 valence electrons. The first kappa shape index (κ1) is 15.5. The maximum Gasteiger partial charge on any atom is 0.319 e. The second-order valence-corrected chi connectivity index (χ2v) is 5.88. The quantitative estimate of drug-likeness (QED) is 0.856. The number of carbonyl (C=O) groups is 1. The molecule has 2 aromatic rings. The summed E-state index contributed by atoms with van der Waals surface area (Å²) in [6.45, 7) is 0. The molecular weight excluding hydrogens is 298 g/mol. The van der Waals surface area contributed by atoms with Crippen LogP contribution in [0.25, 0.3) is 0 Å². The highest BCUT2D eigenvalue weighted by molar-refractivity contribution is 5.89. The molecule has 0 saturated heterocycles. The summed E-state index contributed by atoms with van der Waals surface area (Å²) in [5.74, 6) is -0.646. The van der Waals surface area contributed by atoms with Crippen molar-refractivity contribution < 1.29 is 13.6 Å². The molecule has 3 rings (SSSR count). The zero-order valence-corrected chi connectivity index (χ0v) is 12.6. The molecule has 1 fully saturated rings. The van der Waals surface area contributed by atoms with Gasteiger partial charge in [-0.1, -0.05) is 25.0 Å². The lowest BCUT2D eigenvalue weighted by Crippen LogP contribution is -2.45. The average Bonchev–Trinajstić information content (AvgIpc) is 2.99. The number of halogens is 2. The highest BCUT2D eigenvalue weighted by Crippen LogP contribution is 2.38. The topological polar surface area (TPSA) is 41.1 Å². The fourth-order valence-electron chi connectivity index (χ4n) is 3.15. The van der Waals surface area contributed by atoms with Crippen LogP contribution >= 0.6 is 0 Å². The number of urea groups is 1. The van der Waals surface area contributed by atoms with Crippen LogP contribution in [0.5, 0.6) is 0 Å². The van der Waals surface area contributed by atoms with E-state index in [2.05, 4.69) is 10.6 Å². The van der Waals surface area contributed by atoms with Gasteiger partial charge in [0.05, 0.1) is 5.54 Å². The van der Waals surface area contributed by atoms with Gasteiger partial charge in [0, 0.05) is 5.69 Å². The molecule has 0 aliphatic heterocycles. The van der Waals surface area contributed by atoms with Gasteiger partial charge < -0.3 is 10.6 Å². The Hall–Kier alpha value is -2.43. The van der Waals surface area contributed by atoms with Gasteiger partial charge in [-0.3, -0.25) is 0 Å². The molecule has 3 nitrogen and oxygen atoms in total. The summed E-state index contributed by atoms with van der Waals surface area (Å²) in [7, 11) is 0. The zero-order valence-electron chi connectivity index (χ0n) is 12.6. The summed E-state index contributed by atoms with van der Waals surface area (Å²) in [6, 6.07) is 11.5. The molecule has 5 heteroatoms. The molecular formula is C18H18F2N2O. The Labute approximate surface area is 133 Å². The van der Waals surface area contributed by atoms with E-state index in [-0.39, 0.29) is 17.7 Å². The van der Waals surface area contributed by atoms with Gasteiger partial charge in [0.15, 0.2) is 0 Å². The van der Waals surface area contributed by atoms with Crippen LogP contribution in [0.1, 0.15) is 31.2 Å². The summed E-state index contributed by atoms with van der Waals surface area (Å²) < 4.78 is 26.1. The molecule has 2 aromatic carbocycles. The number of rotatable bonds is 3. The van der Waals surface area contributed by atoms with Crippen molar-refractivity contribution in [3.8, 4) is 0 Å². The summed E-state index contributed by atoms with van der Waals surface area (Å²) in [5, 5.41) is 5.74. The fourth-order valence-corrected chi connectivity index (χ4v) is 3.15. The Bertz CT molecular complexity index is 677. The predicted octanol–water partition coefficient (Wildman–Crippen LogP) is 4.56. The maximum atomic E-state index is 13.2. The first-order valence-corrected chi connectivity index (χ1v) is 7.68. The van der Waals surface area contributed by atoms with Gasteiger partial charge in [0.1, 0.15) is 11.6 Å². The lowest BCUT2D eigenvalue weighted by Gasteiger charge is -2.31. The number of carbonyl (C=O) groups excluding carboxylic acids is 1. The number of hydrogen-bond acceptors (Lipinski definition) is 1. The van der Waals surface area contributed by atoms with Crippen LogP contribution in [0, 0.1) is 11.6 Å². The van der Waals surface area contributed by atoms with Crippen molar-refractivity contribution >= 4 is 11.7 Å². The fraction of sp³-hybridized carbons (Fsp3) is 0.278. The van der Waals surface area contributed by atoms with E-state index in [0.717, 1.165) is 31.2 Å². The Balaban J connectivity index is 1.75. The Kier molecular flexibility index (Phi) is 4.28. The third-order valence-electron chi connectivity index (χ3n) is 4.31. The SMILES string of the molecule is O=C(Nc1ccc(F)cc1)NC1(c2ccc(F)cc2)CCCC1. The molecule has 2 amide bonds. The van der Waals surface area contributed by atoms with E-state index in [1.807, 2.05) is 0 Å². The van der Waals surface area contributed by atoms with Crippen LogP contribution in [0.15, 0.2) is 48.5 Å². The predicted molar refractivity (Wildman–Crippen MR) is 85.1 cm³/mol. The summed E-state index contributed by atoms with van der Waals surface area (Å²) in [6.07, 6.45) is 3.65. The minimum Gasteiger partial charge on any atom is -0.328 e. The van der Waals surface area contributed by atoms with Gasteiger partial charge in [0.25, 0.3) is 0 Å². The van der Waals surface area contributed by atoms with E-state index < -0.39 is 5.54 Å². The van der Waals surface area contributed by atoms with E-state index in [4.69, 9.17) is 0 Å². The van der Waals surface area contributed by atoms with Gasteiger partial charge in [-0.05, 0) is 54.8 Å². The molecule has 0 unspecified atom stereocenters. The largest absolute Gasteiger partial charge is 0.328 e. The van der Waals surface area contributed by atoms with Gasteiger partial charge in [-0.15, -0.1) is 0 Å². The highest BCUT2D eigenvalue weighted by atomic mass is 19.1. The Morgan fingerprint density at radius 1 is 0.870 bits per heavy atom. The van der Waals surface area contributed by atoms with Crippen LogP contribution in [-0.2, 0) is 5.54 Å². The van der Waals surface area contributed by atoms with Crippen LogP contribution in [0.3, 0.4) is 0 Å². The van der Waals surface area contributed by atoms with Gasteiger partial charge >= 0.3 is 6.03 Å². The molecule has 2 N–H and O–H groups in total. The van der Waals surface area contributed by atoms with Crippen molar-refractivity contribution in [2.24, 2.45) is 0 Å². The molecule has 0 bridgehead atoms. The molecule has 1 aliphatic rings. The monoisotopic (exact) mass is 316 g/mol. The van der Waals surface area contributed by atoms with Crippen LogP contribution in [-0.4, -0.2) is 6.03 Å². The smallest absolute Gasteiger partial charge is 0.319 e. The molecule has 0 spiro atoms. The first-order valence-electron chi connectivity index (χ1n) is 7.68. The van der Waals surface area contributed by atoms with E-state index in [0.29, 0.717) is 5.69 Å². The minimum atomic E-state index is -0.474. The molecule has 0 radical (unpaired) electrons. The van der Waals surface area contributed by atoms with Crippen molar-refractivity contribution in [1.29, 1.82) is 0 Å². The highest BCUT2D eigenvalue weighted by Gasteiger charge is 2.37. The first-order chi connectivity index (χ1) is 11.1. The number of hydrogen-bond donors (Lipinski definition) is 2. The average molecular weight is 316 g/mol. The molecule has 1 saturated carbocycles. The normalized spacial score (nSPS) is 16.1. The van der Waals surface area contributed by atoms with Crippen molar-refractivity contribution in [3.05, 3.63) is 65.7 Å². The maximum absolute atomic E-state index is 13.2.